The van der Waals surface area contributed by atoms with E-state index in [-0.39, 0.29) is 5.91 Å². The zero-order valence-corrected chi connectivity index (χ0v) is 16.1. The fourth-order valence-corrected chi connectivity index (χ4v) is 3.51. The smallest absolute Gasteiger partial charge is 0.345 e. The van der Waals surface area contributed by atoms with E-state index >= 15 is 0 Å². The third-order valence-electron chi connectivity index (χ3n) is 5.38. The van der Waals surface area contributed by atoms with Crippen LogP contribution in [0.15, 0.2) is 54.6 Å². The van der Waals surface area contributed by atoms with E-state index in [0.717, 1.165) is 17.5 Å². The van der Waals surface area contributed by atoms with Crippen molar-refractivity contribution in [2.24, 2.45) is 0 Å². The lowest BCUT2D eigenvalue weighted by molar-refractivity contribution is -0.149. The van der Waals surface area contributed by atoms with Crippen molar-refractivity contribution >= 4 is 11.8 Å². The maximum atomic E-state index is 13.1. The number of rotatable bonds is 6. The van der Waals surface area contributed by atoms with Gasteiger partial charge in [0.15, 0.2) is 0 Å². The van der Waals surface area contributed by atoms with E-state index in [4.69, 9.17) is 0 Å². The van der Waals surface area contributed by atoms with Crippen LogP contribution in [-0.4, -0.2) is 41.5 Å². The fraction of sp³-hybridized carbons (Fsp3) is 0.364. The number of benzene rings is 2. The van der Waals surface area contributed by atoms with E-state index in [1.54, 1.807) is 12.1 Å². The molecule has 1 unspecified atom stereocenters. The molecule has 1 aliphatic heterocycles. The molecule has 3 rings (SSSR count). The van der Waals surface area contributed by atoms with Crippen LogP contribution in [0.3, 0.4) is 0 Å². The third-order valence-corrected chi connectivity index (χ3v) is 5.38. The Morgan fingerprint density at radius 1 is 1.03 bits per heavy atom. The Kier molecular flexibility index (Phi) is 5.96. The number of alkyl halides is 3. The largest absolute Gasteiger partial charge is 0.405 e. The van der Waals surface area contributed by atoms with Gasteiger partial charge < -0.3 is 10.2 Å². The Morgan fingerprint density at radius 3 is 2.31 bits per heavy atom. The zero-order valence-electron chi connectivity index (χ0n) is 16.1. The lowest BCUT2D eigenvalue weighted by Crippen LogP contribution is -2.67. The molecule has 4 nitrogen and oxygen atoms in total. The number of amides is 2. The standard InChI is InChI=1S/C22H23F3N2O2/c1-21(20(29)26-15-22(23,24)25)13-14-27(21)19(28)18-10-6-5-9-17(18)12-11-16-7-3-2-4-8-16/h2-10H,11-15H2,1H3,(H,26,29). The van der Waals surface area contributed by atoms with Crippen molar-refractivity contribution in [2.45, 2.75) is 37.9 Å². The summed E-state index contributed by atoms with van der Waals surface area (Å²) >= 11 is 0. The topological polar surface area (TPSA) is 49.4 Å². The number of hydrogen-bond acceptors (Lipinski definition) is 2. The number of likely N-dealkylation sites (tertiary alicyclic amines) is 1. The van der Waals surface area contributed by atoms with E-state index in [2.05, 4.69) is 0 Å². The van der Waals surface area contributed by atoms with Crippen LogP contribution in [0.2, 0.25) is 0 Å². The molecule has 29 heavy (non-hydrogen) atoms. The van der Waals surface area contributed by atoms with Crippen LogP contribution in [0.4, 0.5) is 13.2 Å². The van der Waals surface area contributed by atoms with Gasteiger partial charge in [0.1, 0.15) is 12.1 Å². The molecule has 1 N–H and O–H groups in total. The number of carbonyl (C=O) groups is 2. The highest BCUT2D eigenvalue weighted by Gasteiger charge is 2.50. The second-order valence-electron chi connectivity index (χ2n) is 7.42. The summed E-state index contributed by atoms with van der Waals surface area (Å²) in [6.07, 6.45) is -2.76. The van der Waals surface area contributed by atoms with Gasteiger partial charge >= 0.3 is 6.18 Å². The zero-order chi connectivity index (χ0) is 21.1. The summed E-state index contributed by atoms with van der Waals surface area (Å²) in [5.74, 6) is -1.11. The highest BCUT2D eigenvalue weighted by molar-refractivity contribution is 6.01. The summed E-state index contributed by atoms with van der Waals surface area (Å²) < 4.78 is 37.3. The molecule has 0 bridgehead atoms. The third kappa shape index (κ3) is 4.78. The maximum Gasteiger partial charge on any atom is 0.405 e. The molecule has 1 atom stereocenters. The number of nitrogens with one attached hydrogen (secondary N) is 1. The molecule has 0 aliphatic carbocycles. The molecule has 1 saturated heterocycles. The molecule has 1 fully saturated rings. The van der Waals surface area contributed by atoms with Gasteiger partial charge in [-0.05, 0) is 43.4 Å². The van der Waals surface area contributed by atoms with Gasteiger partial charge in [-0.1, -0.05) is 48.5 Å². The molecule has 2 aromatic carbocycles. The predicted molar refractivity (Wildman–Crippen MR) is 103 cm³/mol. The monoisotopic (exact) mass is 404 g/mol. The minimum absolute atomic E-state index is 0.328. The van der Waals surface area contributed by atoms with Crippen molar-refractivity contribution < 1.29 is 22.8 Å². The van der Waals surface area contributed by atoms with Crippen molar-refractivity contribution in [2.75, 3.05) is 13.1 Å². The number of nitrogens with zero attached hydrogens (tertiary/aromatic N) is 1. The second kappa shape index (κ2) is 8.27. The molecule has 1 aliphatic rings. The van der Waals surface area contributed by atoms with Crippen LogP contribution in [0.5, 0.6) is 0 Å². The first-order chi connectivity index (χ1) is 13.7. The summed E-state index contributed by atoms with van der Waals surface area (Å²) in [6, 6.07) is 17.1. The summed E-state index contributed by atoms with van der Waals surface area (Å²) in [5.41, 5.74) is 1.22. The van der Waals surface area contributed by atoms with E-state index < -0.39 is 24.2 Å². The van der Waals surface area contributed by atoms with E-state index in [0.29, 0.717) is 24.9 Å². The Hall–Kier alpha value is -2.83. The van der Waals surface area contributed by atoms with Crippen LogP contribution in [0.25, 0.3) is 0 Å². The van der Waals surface area contributed by atoms with E-state index in [9.17, 15) is 22.8 Å². The van der Waals surface area contributed by atoms with Gasteiger partial charge in [-0.15, -0.1) is 0 Å². The summed E-state index contributed by atoms with van der Waals surface area (Å²) in [5, 5.41) is 1.90. The van der Waals surface area contributed by atoms with Gasteiger partial charge in [0.2, 0.25) is 5.91 Å². The molecule has 2 aromatic rings. The Labute approximate surface area is 167 Å². The maximum absolute atomic E-state index is 13.1. The van der Waals surface area contributed by atoms with Gasteiger partial charge in [0.05, 0.1) is 0 Å². The minimum Gasteiger partial charge on any atom is -0.345 e. The molecule has 0 saturated carbocycles. The molecule has 154 valence electrons. The first-order valence-corrected chi connectivity index (χ1v) is 9.49. The Bertz CT molecular complexity index is 883. The van der Waals surface area contributed by atoms with Crippen molar-refractivity contribution in [3.8, 4) is 0 Å². The number of halogens is 3. The van der Waals surface area contributed by atoms with E-state index in [1.165, 1.54) is 11.8 Å². The Morgan fingerprint density at radius 2 is 1.69 bits per heavy atom. The normalized spacial score (nSPS) is 18.8. The quantitative estimate of drug-likeness (QED) is 0.797. The first kappa shape index (κ1) is 20.9. The second-order valence-corrected chi connectivity index (χ2v) is 7.42. The number of hydrogen-bond donors (Lipinski definition) is 1. The van der Waals surface area contributed by atoms with Crippen molar-refractivity contribution in [1.82, 2.24) is 10.2 Å². The van der Waals surface area contributed by atoms with Gasteiger partial charge in [0, 0.05) is 12.1 Å². The number of carbonyl (C=O) groups excluding carboxylic acids is 2. The van der Waals surface area contributed by atoms with Crippen LogP contribution in [0.1, 0.15) is 34.8 Å². The van der Waals surface area contributed by atoms with Crippen molar-refractivity contribution in [1.29, 1.82) is 0 Å². The fourth-order valence-electron chi connectivity index (χ4n) is 3.51. The summed E-state index contributed by atoms with van der Waals surface area (Å²) in [6.45, 7) is 0.436. The minimum atomic E-state index is -4.49. The van der Waals surface area contributed by atoms with Crippen LogP contribution >= 0.6 is 0 Å². The molecule has 2 amide bonds. The molecular formula is C22H23F3N2O2. The van der Waals surface area contributed by atoms with Gasteiger partial charge in [-0.3, -0.25) is 9.59 Å². The van der Waals surface area contributed by atoms with Crippen molar-refractivity contribution in [3.63, 3.8) is 0 Å². The molecule has 0 aromatic heterocycles. The highest BCUT2D eigenvalue weighted by Crippen LogP contribution is 2.33. The highest BCUT2D eigenvalue weighted by atomic mass is 19.4. The molecule has 0 radical (unpaired) electrons. The SMILES string of the molecule is CC1(C(=O)NCC(F)(F)F)CCN1C(=O)c1ccccc1CCc1ccccc1. The lowest BCUT2D eigenvalue weighted by atomic mass is 9.84. The Balaban J connectivity index is 1.72. The molecular weight excluding hydrogens is 381 g/mol. The first-order valence-electron chi connectivity index (χ1n) is 9.49. The lowest BCUT2D eigenvalue weighted by Gasteiger charge is -2.49. The molecule has 7 heteroatoms. The van der Waals surface area contributed by atoms with Gasteiger partial charge in [0.25, 0.3) is 5.91 Å². The predicted octanol–water partition coefficient (Wildman–Crippen LogP) is 3.75. The number of aryl methyl sites for hydroxylation is 2. The van der Waals surface area contributed by atoms with Crippen LogP contribution in [0, 0.1) is 0 Å². The van der Waals surface area contributed by atoms with Gasteiger partial charge in [-0.2, -0.15) is 13.2 Å². The van der Waals surface area contributed by atoms with Crippen molar-refractivity contribution in [3.05, 3.63) is 71.3 Å². The average Bonchev–Trinajstić information content (AvgIpc) is 2.69. The van der Waals surface area contributed by atoms with E-state index in [1.807, 2.05) is 47.8 Å². The summed E-state index contributed by atoms with van der Waals surface area (Å²) in [7, 11) is 0. The molecule has 0 spiro atoms. The van der Waals surface area contributed by atoms with Crippen LogP contribution in [-0.2, 0) is 17.6 Å². The summed E-state index contributed by atoms with van der Waals surface area (Å²) in [4.78, 5) is 26.8. The van der Waals surface area contributed by atoms with Crippen LogP contribution < -0.4 is 5.32 Å². The molecule has 1 heterocycles. The van der Waals surface area contributed by atoms with Gasteiger partial charge in [-0.25, -0.2) is 0 Å². The average molecular weight is 404 g/mol.